The first kappa shape index (κ1) is 9.48. The average molecular weight is 158 g/mol. The molecule has 0 aliphatic rings. The van der Waals surface area contributed by atoms with Crippen LogP contribution in [0.25, 0.3) is 0 Å². The molecular formula is C6H10N2O3. The molecule has 0 aromatic rings. The smallest absolute Gasteiger partial charge is 0.354 e. The summed E-state index contributed by atoms with van der Waals surface area (Å²) >= 11 is 0. The number of nitrogens with two attached hydrogens (primary N) is 1. The predicted molar refractivity (Wildman–Crippen MR) is 38.4 cm³/mol. The molecule has 11 heavy (non-hydrogen) atoms. The lowest BCUT2D eigenvalue weighted by molar-refractivity contribution is -0.136. The summed E-state index contributed by atoms with van der Waals surface area (Å²) in [5.41, 5.74) is 4.91. The van der Waals surface area contributed by atoms with Crippen molar-refractivity contribution >= 4 is 11.9 Å². The van der Waals surface area contributed by atoms with Crippen molar-refractivity contribution < 1.29 is 14.3 Å². The maximum atomic E-state index is 10.6. The third-order valence-corrected chi connectivity index (χ3v) is 0.954. The molecule has 3 N–H and O–H groups in total. The Morgan fingerprint density at radius 3 is 2.45 bits per heavy atom. The van der Waals surface area contributed by atoms with Crippen LogP contribution in [0.2, 0.25) is 0 Å². The van der Waals surface area contributed by atoms with Crippen molar-refractivity contribution in [3.8, 4) is 0 Å². The van der Waals surface area contributed by atoms with Crippen molar-refractivity contribution in [2.45, 2.75) is 0 Å². The fourth-order valence-electron chi connectivity index (χ4n) is 0.390. The second kappa shape index (κ2) is 4.32. The molecule has 0 aromatic carbocycles. The maximum absolute atomic E-state index is 10.6. The van der Waals surface area contributed by atoms with Gasteiger partial charge in [-0.3, -0.25) is 4.79 Å². The number of carbonyl (C=O) groups excluding carboxylic acids is 2. The molecule has 0 fully saturated rings. The fourth-order valence-corrected chi connectivity index (χ4v) is 0.390. The molecule has 0 rings (SSSR count). The summed E-state index contributed by atoms with van der Waals surface area (Å²) in [7, 11) is 2.62. The first-order chi connectivity index (χ1) is 5.11. The summed E-state index contributed by atoms with van der Waals surface area (Å²) in [6.45, 7) is 0. The van der Waals surface area contributed by atoms with E-state index < -0.39 is 11.9 Å². The van der Waals surface area contributed by atoms with Crippen molar-refractivity contribution in [1.29, 1.82) is 0 Å². The molecule has 0 aliphatic carbocycles. The highest BCUT2D eigenvalue weighted by Crippen LogP contribution is 1.86. The van der Waals surface area contributed by atoms with E-state index in [1.807, 2.05) is 0 Å². The zero-order valence-electron chi connectivity index (χ0n) is 6.38. The Hall–Kier alpha value is -1.52. The lowest BCUT2D eigenvalue weighted by atomic mass is 10.4. The molecule has 0 saturated heterocycles. The van der Waals surface area contributed by atoms with Gasteiger partial charge in [-0.1, -0.05) is 0 Å². The van der Waals surface area contributed by atoms with Gasteiger partial charge >= 0.3 is 5.97 Å². The van der Waals surface area contributed by atoms with E-state index in [0.29, 0.717) is 0 Å². The lowest BCUT2D eigenvalue weighted by Crippen LogP contribution is -2.20. The van der Waals surface area contributed by atoms with Crippen LogP contribution >= 0.6 is 0 Å². The lowest BCUT2D eigenvalue weighted by Gasteiger charge is -1.97. The number of hydrogen-bond donors (Lipinski definition) is 2. The third-order valence-electron chi connectivity index (χ3n) is 0.954. The second-order valence-electron chi connectivity index (χ2n) is 1.71. The Bertz CT molecular complexity index is 198. The molecular weight excluding hydrogens is 148 g/mol. The molecule has 0 aliphatic heterocycles. The molecule has 0 aromatic heterocycles. The first-order valence-electron chi connectivity index (χ1n) is 2.89. The minimum atomic E-state index is -0.714. The van der Waals surface area contributed by atoms with Gasteiger partial charge in [-0.25, -0.2) is 4.79 Å². The molecule has 0 atom stereocenters. The van der Waals surface area contributed by atoms with Crippen LogP contribution in [0.3, 0.4) is 0 Å². The summed E-state index contributed by atoms with van der Waals surface area (Å²) in [5, 5.41) is 2.27. The van der Waals surface area contributed by atoms with Crippen LogP contribution < -0.4 is 11.1 Å². The molecule has 0 unspecified atom stereocenters. The van der Waals surface area contributed by atoms with Gasteiger partial charge in [0.2, 0.25) is 5.91 Å². The Balaban J connectivity index is 4.21. The van der Waals surface area contributed by atoms with Crippen LogP contribution in [0.4, 0.5) is 0 Å². The van der Waals surface area contributed by atoms with Crippen LogP contribution in [0, 0.1) is 0 Å². The zero-order chi connectivity index (χ0) is 8.85. The van der Waals surface area contributed by atoms with E-state index in [0.717, 1.165) is 6.08 Å². The highest BCUT2D eigenvalue weighted by molar-refractivity contribution is 5.97. The Morgan fingerprint density at radius 1 is 1.55 bits per heavy atom. The van der Waals surface area contributed by atoms with Crippen molar-refractivity contribution in [1.82, 2.24) is 5.32 Å². The van der Waals surface area contributed by atoms with Crippen LogP contribution in [-0.2, 0) is 14.3 Å². The van der Waals surface area contributed by atoms with Crippen LogP contribution in [0.15, 0.2) is 11.8 Å². The Kier molecular flexibility index (Phi) is 3.72. The number of esters is 1. The van der Waals surface area contributed by atoms with Gasteiger partial charge in [0.15, 0.2) is 0 Å². The predicted octanol–water partition coefficient (Wildman–Crippen LogP) is -1.25. The van der Waals surface area contributed by atoms with Crippen molar-refractivity contribution in [2.24, 2.45) is 5.73 Å². The van der Waals surface area contributed by atoms with Gasteiger partial charge in [0, 0.05) is 13.1 Å². The van der Waals surface area contributed by atoms with E-state index in [1.54, 1.807) is 0 Å². The van der Waals surface area contributed by atoms with Gasteiger partial charge in [0.25, 0.3) is 0 Å². The second-order valence-corrected chi connectivity index (χ2v) is 1.71. The minimum Gasteiger partial charge on any atom is -0.464 e. The van der Waals surface area contributed by atoms with E-state index in [-0.39, 0.29) is 5.70 Å². The maximum Gasteiger partial charge on any atom is 0.354 e. The number of amides is 1. The van der Waals surface area contributed by atoms with E-state index in [4.69, 9.17) is 5.73 Å². The van der Waals surface area contributed by atoms with Gasteiger partial charge in [-0.05, 0) is 0 Å². The molecule has 0 radical (unpaired) electrons. The minimum absolute atomic E-state index is 0.216. The normalized spacial score (nSPS) is 10.5. The van der Waals surface area contributed by atoms with Gasteiger partial charge in [0.05, 0.1) is 7.11 Å². The van der Waals surface area contributed by atoms with Gasteiger partial charge in [-0.15, -0.1) is 0 Å². The highest BCUT2D eigenvalue weighted by atomic mass is 16.5. The topological polar surface area (TPSA) is 81.4 Å². The highest BCUT2D eigenvalue weighted by Gasteiger charge is 2.05. The first-order valence-corrected chi connectivity index (χ1v) is 2.89. The molecule has 0 heterocycles. The molecule has 62 valence electrons. The molecule has 0 bridgehead atoms. The van der Waals surface area contributed by atoms with E-state index in [9.17, 15) is 9.59 Å². The fraction of sp³-hybridized carbons (Fsp3) is 0.333. The summed E-state index contributed by atoms with van der Waals surface area (Å²) in [4.78, 5) is 21.1. The molecule has 5 nitrogen and oxygen atoms in total. The number of carbonyl (C=O) groups is 2. The molecule has 0 spiro atoms. The van der Waals surface area contributed by atoms with Gasteiger partial charge in [0.1, 0.15) is 5.70 Å². The SMILES string of the molecule is CNC(=O)C=C(N)C(=O)OC. The van der Waals surface area contributed by atoms with Crippen LogP contribution in [-0.4, -0.2) is 26.0 Å². The Morgan fingerprint density at radius 2 is 2.09 bits per heavy atom. The summed E-state index contributed by atoms with van der Waals surface area (Å²) in [6.07, 6.45) is 0.964. The number of hydrogen-bond acceptors (Lipinski definition) is 4. The number of likely N-dealkylation sites (N-methyl/N-ethyl adjacent to an activating group) is 1. The molecule has 5 heteroatoms. The number of nitrogens with one attached hydrogen (secondary N) is 1. The van der Waals surface area contributed by atoms with Crippen molar-refractivity contribution in [3.63, 3.8) is 0 Å². The van der Waals surface area contributed by atoms with Crippen LogP contribution in [0.1, 0.15) is 0 Å². The zero-order valence-corrected chi connectivity index (χ0v) is 6.38. The van der Waals surface area contributed by atoms with E-state index in [2.05, 4.69) is 10.1 Å². The van der Waals surface area contributed by atoms with Crippen LogP contribution in [0.5, 0.6) is 0 Å². The Labute approximate surface area is 64.2 Å². The summed E-state index contributed by atoms with van der Waals surface area (Å²) in [6, 6.07) is 0. The van der Waals surface area contributed by atoms with E-state index >= 15 is 0 Å². The van der Waals surface area contributed by atoms with E-state index in [1.165, 1.54) is 14.2 Å². The summed E-state index contributed by atoms with van der Waals surface area (Å²) < 4.78 is 4.25. The third kappa shape index (κ3) is 3.24. The molecule has 0 saturated carbocycles. The van der Waals surface area contributed by atoms with Crippen molar-refractivity contribution in [3.05, 3.63) is 11.8 Å². The van der Waals surface area contributed by atoms with Gasteiger partial charge < -0.3 is 15.8 Å². The van der Waals surface area contributed by atoms with Gasteiger partial charge in [-0.2, -0.15) is 0 Å². The number of methoxy groups -OCH3 is 1. The quantitative estimate of drug-likeness (QED) is 0.388. The summed E-state index contributed by atoms with van der Waals surface area (Å²) in [5.74, 6) is -1.15. The number of rotatable bonds is 2. The van der Waals surface area contributed by atoms with Crippen molar-refractivity contribution in [2.75, 3.05) is 14.2 Å². The largest absolute Gasteiger partial charge is 0.464 e. The average Bonchev–Trinajstić information content (AvgIpc) is 2.02. The number of ether oxygens (including phenoxy) is 1. The standard InChI is InChI=1S/C6H10N2O3/c1-8-5(9)3-4(7)6(10)11-2/h3H,7H2,1-2H3,(H,8,9). The monoisotopic (exact) mass is 158 g/mol. The molecule has 1 amide bonds.